The summed E-state index contributed by atoms with van der Waals surface area (Å²) in [5.74, 6) is -0.855. The molecule has 112 valence electrons. The van der Waals surface area contributed by atoms with Gasteiger partial charge in [0.2, 0.25) is 0 Å². The van der Waals surface area contributed by atoms with Crippen molar-refractivity contribution >= 4 is 5.69 Å². The van der Waals surface area contributed by atoms with Crippen molar-refractivity contribution in [3.63, 3.8) is 0 Å². The first-order chi connectivity index (χ1) is 10.6. The van der Waals surface area contributed by atoms with Crippen molar-refractivity contribution in [2.24, 2.45) is 0 Å². The Bertz CT molecular complexity index is 816. The van der Waals surface area contributed by atoms with Gasteiger partial charge in [-0.25, -0.2) is 0 Å². The van der Waals surface area contributed by atoms with Crippen LogP contribution in [0, 0.1) is 10.1 Å². The Morgan fingerprint density at radius 3 is 2.77 bits per heavy atom. The predicted octanol–water partition coefficient (Wildman–Crippen LogP) is 2.15. The second-order valence-corrected chi connectivity index (χ2v) is 5.76. The average molecular weight is 298 g/mol. The third-order valence-corrected chi connectivity index (χ3v) is 4.61. The summed E-state index contributed by atoms with van der Waals surface area (Å²) in [6.45, 7) is 1.33. The van der Waals surface area contributed by atoms with Crippen LogP contribution >= 0.6 is 0 Å². The van der Waals surface area contributed by atoms with Gasteiger partial charge in [-0.2, -0.15) is 0 Å². The first-order valence-corrected chi connectivity index (χ1v) is 7.11. The molecule has 2 aromatic rings. The number of nitro benzene ring substituents is 1. The first-order valence-electron chi connectivity index (χ1n) is 7.11. The topological polar surface area (TPSA) is 95.6 Å². The highest BCUT2D eigenvalue weighted by molar-refractivity contribution is 5.67. The molecule has 0 amide bonds. The average Bonchev–Trinajstić information content (AvgIpc) is 2.51. The van der Waals surface area contributed by atoms with Gasteiger partial charge in [-0.3, -0.25) is 10.1 Å². The van der Waals surface area contributed by atoms with Crippen LogP contribution in [0.4, 0.5) is 5.69 Å². The second kappa shape index (κ2) is 4.45. The van der Waals surface area contributed by atoms with Crippen LogP contribution in [0.3, 0.4) is 0 Å². The summed E-state index contributed by atoms with van der Waals surface area (Å²) in [7, 11) is 0. The number of hydrogen-bond acceptors (Lipinski definition) is 5. The minimum atomic E-state index is -0.486. The van der Waals surface area contributed by atoms with Crippen molar-refractivity contribution in [3.05, 3.63) is 62.2 Å². The van der Waals surface area contributed by atoms with Crippen LogP contribution in [0.15, 0.2) is 24.3 Å². The Morgan fingerprint density at radius 2 is 2.00 bits per heavy atom. The monoisotopic (exact) mass is 298 g/mol. The number of fused-ring (bicyclic) bond motifs is 2. The number of phenols is 2. The maximum Gasteiger partial charge on any atom is 0.277 e. The largest absolute Gasteiger partial charge is 0.504 e. The Kier molecular flexibility index (Phi) is 2.65. The quantitative estimate of drug-likeness (QED) is 0.426. The number of aromatic hydroxyl groups is 2. The lowest BCUT2D eigenvalue weighted by molar-refractivity contribution is -0.385. The lowest BCUT2D eigenvalue weighted by Crippen LogP contribution is -2.32. The van der Waals surface area contributed by atoms with Gasteiger partial charge in [0, 0.05) is 36.6 Å². The van der Waals surface area contributed by atoms with Crippen molar-refractivity contribution in [2.45, 2.75) is 18.9 Å². The third kappa shape index (κ3) is 1.64. The fourth-order valence-corrected chi connectivity index (χ4v) is 3.74. The number of nitrogens with one attached hydrogen (secondary N) is 1. The van der Waals surface area contributed by atoms with Gasteiger partial charge >= 0.3 is 0 Å². The minimum absolute atomic E-state index is 0.126. The van der Waals surface area contributed by atoms with Crippen molar-refractivity contribution in [1.82, 2.24) is 5.32 Å². The fourth-order valence-electron chi connectivity index (χ4n) is 3.74. The highest BCUT2D eigenvalue weighted by atomic mass is 16.6. The summed E-state index contributed by atoms with van der Waals surface area (Å²) in [6.07, 6.45) is 0.399. The van der Waals surface area contributed by atoms with Crippen LogP contribution in [-0.4, -0.2) is 21.7 Å². The molecule has 6 heteroatoms. The first kappa shape index (κ1) is 13.1. The van der Waals surface area contributed by atoms with E-state index in [2.05, 4.69) is 5.32 Å². The van der Waals surface area contributed by atoms with Gasteiger partial charge in [0.1, 0.15) is 0 Å². The van der Waals surface area contributed by atoms with E-state index in [1.807, 2.05) is 18.2 Å². The van der Waals surface area contributed by atoms with Gasteiger partial charge in [-0.15, -0.1) is 0 Å². The number of benzene rings is 2. The number of rotatable bonds is 1. The Labute approximate surface area is 126 Å². The van der Waals surface area contributed by atoms with E-state index in [-0.39, 0.29) is 17.4 Å². The van der Waals surface area contributed by atoms with Crippen molar-refractivity contribution in [2.75, 3.05) is 6.54 Å². The molecule has 0 aromatic heterocycles. The highest BCUT2D eigenvalue weighted by Gasteiger charge is 2.37. The van der Waals surface area contributed by atoms with Crippen molar-refractivity contribution < 1.29 is 15.1 Å². The molecule has 0 saturated heterocycles. The molecule has 0 fully saturated rings. The van der Waals surface area contributed by atoms with Gasteiger partial charge in [0.25, 0.3) is 5.69 Å². The number of hydrogen-bond donors (Lipinski definition) is 3. The lowest BCUT2D eigenvalue weighted by atomic mass is 9.73. The van der Waals surface area contributed by atoms with E-state index < -0.39 is 10.7 Å². The molecule has 2 aromatic carbocycles. The molecule has 0 bridgehead atoms. The summed E-state index contributed by atoms with van der Waals surface area (Å²) >= 11 is 0. The second-order valence-electron chi connectivity index (χ2n) is 5.76. The zero-order chi connectivity index (χ0) is 15.4. The molecular formula is C16H14N2O4. The van der Waals surface area contributed by atoms with Crippen LogP contribution in [0.1, 0.15) is 33.7 Å². The van der Waals surface area contributed by atoms with E-state index >= 15 is 0 Å². The Hall–Kier alpha value is -2.60. The molecule has 4 rings (SSSR count). The van der Waals surface area contributed by atoms with Crippen molar-refractivity contribution in [3.8, 4) is 11.5 Å². The number of nitro groups is 1. The molecule has 22 heavy (non-hydrogen) atoms. The summed E-state index contributed by atoms with van der Waals surface area (Å²) in [5.41, 5.74) is 4.19. The minimum Gasteiger partial charge on any atom is -0.504 e. The standard InChI is InChI=1S/C16H14N2O4/c19-13-5-12(18(21)22)15-10(16(13)20)4-8-2-1-3-9-6-17-7-11(15)14(8)9/h1-3,5,11,17,19-20H,4,6-7H2/t11-/m1/s1. The summed E-state index contributed by atoms with van der Waals surface area (Å²) in [5, 5.41) is 34.7. The molecule has 1 heterocycles. The van der Waals surface area contributed by atoms with E-state index in [0.717, 1.165) is 29.3 Å². The maximum absolute atomic E-state index is 11.4. The fraction of sp³-hybridized carbons (Fsp3) is 0.250. The smallest absolute Gasteiger partial charge is 0.277 e. The summed E-state index contributed by atoms with van der Waals surface area (Å²) in [4.78, 5) is 10.9. The highest BCUT2D eigenvalue weighted by Crippen LogP contribution is 2.49. The molecule has 0 spiro atoms. The molecular weight excluding hydrogens is 284 g/mol. The van der Waals surface area contributed by atoms with Crippen molar-refractivity contribution in [1.29, 1.82) is 0 Å². The Balaban J connectivity index is 2.05. The summed E-state index contributed by atoms with van der Waals surface area (Å²) < 4.78 is 0. The molecule has 6 nitrogen and oxygen atoms in total. The van der Waals surface area contributed by atoms with E-state index in [0.29, 0.717) is 24.1 Å². The normalized spacial score (nSPS) is 18.5. The lowest BCUT2D eigenvalue weighted by Gasteiger charge is -2.34. The SMILES string of the molecule is O=[N+]([O-])c1cc(O)c(O)c2c1[C@@H]1CNCc3cccc(c31)C2. The van der Waals surface area contributed by atoms with Crippen LogP contribution in [0.2, 0.25) is 0 Å². The third-order valence-electron chi connectivity index (χ3n) is 4.61. The molecule has 1 aliphatic carbocycles. The van der Waals surface area contributed by atoms with Crippen LogP contribution < -0.4 is 5.32 Å². The number of nitrogens with zero attached hydrogens (tertiary/aromatic N) is 1. The zero-order valence-electron chi connectivity index (χ0n) is 11.7. The van der Waals surface area contributed by atoms with Gasteiger partial charge in [-0.05, 0) is 16.7 Å². The predicted molar refractivity (Wildman–Crippen MR) is 79.2 cm³/mol. The van der Waals surface area contributed by atoms with E-state index in [9.17, 15) is 20.3 Å². The molecule has 0 unspecified atom stereocenters. The molecule has 0 radical (unpaired) electrons. The molecule has 3 N–H and O–H groups in total. The van der Waals surface area contributed by atoms with Crippen LogP contribution in [-0.2, 0) is 13.0 Å². The Morgan fingerprint density at radius 1 is 1.23 bits per heavy atom. The zero-order valence-corrected chi connectivity index (χ0v) is 11.7. The number of phenolic OH excluding ortho intramolecular Hbond substituents is 2. The maximum atomic E-state index is 11.4. The van der Waals surface area contributed by atoms with Crippen LogP contribution in [0.5, 0.6) is 11.5 Å². The molecule has 1 atom stereocenters. The van der Waals surface area contributed by atoms with Gasteiger partial charge in [0.05, 0.1) is 11.0 Å². The summed E-state index contributed by atoms with van der Waals surface area (Å²) in [6, 6.07) is 7.01. The molecule has 2 aliphatic rings. The van der Waals surface area contributed by atoms with Gasteiger partial charge in [-0.1, -0.05) is 18.2 Å². The van der Waals surface area contributed by atoms with Gasteiger partial charge in [0.15, 0.2) is 11.5 Å². The van der Waals surface area contributed by atoms with E-state index in [1.165, 1.54) is 0 Å². The molecule has 0 saturated carbocycles. The molecule has 1 aliphatic heterocycles. The van der Waals surface area contributed by atoms with E-state index in [4.69, 9.17) is 0 Å². The van der Waals surface area contributed by atoms with Gasteiger partial charge < -0.3 is 15.5 Å². The van der Waals surface area contributed by atoms with E-state index in [1.54, 1.807) is 0 Å². The van der Waals surface area contributed by atoms with Crippen LogP contribution in [0.25, 0.3) is 0 Å².